The standard InChI is InChI=1S/C21H32N2O2/c1-17(2)16-19-20(18-10-5-3-6-11-18)25-21(24)23(19)15-9-14-22-12-7-4-8-13-22/h3,5-6,10-11,17,19-20H,4,7-9,12-16H2,1-2H3/t19-,20+/m1/s1. The molecule has 2 saturated heterocycles. The van der Waals surface area contributed by atoms with Crippen molar-refractivity contribution in [2.24, 2.45) is 5.92 Å². The lowest BCUT2D eigenvalue weighted by Crippen LogP contribution is -2.38. The van der Waals surface area contributed by atoms with Gasteiger partial charge in [0.15, 0.2) is 0 Å². The highest BCUT2D eigenvalue weighted by Crippen LogP contribution is 2.36. The minimum absolute atomic E-state index is 0.133. The maximum atomic E-state index is 12.5. The lowest BCUT2D eigenvalue weighted by Gasteiger charge is -2.29. The molecule has 2 aliphatic rings. The average Bonchev–Trinajstić information content (AvgIpc) is 2.92. The quantitative estimate of drug-likeness (QED) is 0.731. The fourth-order valence-corrected chi connectivity index (χ4v) is 4.13. The van der Waals surface area contributed by atoms with Gasteiger partial charge in [-0.1, -0.05) is 50.6 Å². The molecule has 0 aromatic heterocycles. The molecule has 0 N–H and O–H groups in total. The molecule has 0 aliphatic carbocycles. The number of likely N-dealkylation sites (tertiary alicyclic amines) is 1. The number of carbonyl (C=O) groups excluding carboxylic acids is 1. The Morgan fingerprint density at radius 3 is 2.48 bits per heavy atom. The van der Waals surface area contributed by atoms with E-state index in [9.17, 15) is 4.79 Å². The predicted molar refractivity (Wildman–Crippen MR) is 101 cm³/mol. The second kappa shape index (κ2) is 8.70. The zero-order chi connectivity index (χ0) is 17.6. The van der Waals surface area contributed by atoms with E-state index in [2.05, 4.69) is 30.9 Å². The Hall–Kier alpha value is -1.55. The monoisotopic (exact) mass is 344 g/mol. The Labute approximate surface area is 152 Å². The van der Waals surface area contributed by atoms with E-state index in [-0.39, 0.29) is 18.2 Å². The molecule has 2 atom stereocenters. The average molecular weight is 344 g/mol. The maximum absolute atomic E-state index is 12.5. The van der Waals surface area contributed by atoms with Crippen LogP contribution in [0.4, 0.5) is 4.79 Å². The van der Waals surface area contributed by atoms with Crippen LogP contribution in [0.25, 0.3) is 0 Å². The number of hydrogen-bond donors (Lipinski definition) is 0. The number of nitrogens with zero attached hydrogens (tertiary/aromatic N) is 2. The number of piperidine rings is 1. The predicted octanol–water partition coefficient (Wildman–Crippen LogP) is 4.47. The summed E-state index contributed by atoms with van der Waals surface area (Å²) in [6, 6.07) is 10.3. The first-order valence-electron chi connectivity index (χ1n) is 9.89. The Morgan fingerprint density at radius 1 is 1.08 bits per heavy atom. The van der Waals surface area contributed by atoms with Crippen LogP contribution in [0.5, 0.6) is 0 Å². The summed E-state index contributed by atoms with van der Waals surface area (Å²) < 4.78 is 5.79. The SMILES string of the molecule is CC(C)C[C@@H]1[C@H](c2ccccc2)OC(=O)N1CCCN1CCCCC1. The Kier molecular flexibility index (Phi) is 6.35. The van der Waals surface area contributed by atoms with Crippen LogP contribution in [0.1, 0.15) is 57.6 Å². The maximum Gasteiger partial charge on any atom is 0.410 e. The number of ether oxygens (including phenoxy) is 1. The van der Waals surface area contributed by atoms with Crippen LogP contribution < -0.4 is 0 Å². The van der Waals surface area contributed by atoms with Crippen molar-refractivity contribution >= 4 is 6.09 Å². The molecule has 138 valence electrons. The van der Waals surface area contributed by atoms with E-state index in [0.717, 1.165) is 31.5 Å². The fourth-order valence-electron chi connectivity index (χ4n) is 4.13. The van der Waals surface area contributed by atoms with Crippen molar-refractivity contribution in [1.82, 2.24) is 9.80 Å². The summed E-state index contributed by atoms with van der Waals surface area (Å²) >= 11 is 0. The van der Waals surface area contributed by atoms with Crippen molar-refractivity contribution in [3.05, 3.63) is 35.9 Å². The smallest absolute Gasteiger partial charge is 0.410 e. The normalized spacial score (nSPS) is 24.8. The highest BCUT2D eigenvalue weighted by molar-refractivity contribution is 5.71. The van der Waals surface area contributed by atoms with Crippen LogP contribution in [0.3, 0.4) is 0 Å². The molecule has 4 heteroatoms. The zero-order valence-corrected chi connectivity index (χ0v) is 15.7. The van der Waals surface area contributed by atoms with Crippen LogP contribution in [0, 0.1) is 5.92 Å². The zero-order valence-electron chi connectivity index (χ0n) is 15.7. The molecule has 1 aromatic rings. The largest absolute Gasteiger partial charge is 0.439 e. The van der Waals surface area contributed by atoms with E-state index >= 15 is 0 Å². The summed E-state index contributed by atoms with van der Waals surface area (Å²) in [6.07, 6.45) is 5.74. The molecule has 0 unspecified atom stereocenters. The third-order valence-corrected chi connectivity index (χ3v) is 5.38. The van der Waals surface area contributed by atoms with Crippen LogP contribution >= 0.6 is 0 Å². The summed E-state index contributed by atoms with van der Waals surface area (Å²) in [5.41, 5.74) is 1.11. The van der Waals surface area contributed by atoms with E-state index in [0.29, 0.717) is 5.92 Å². The summed E-state index contributed by atoms with van der Waals surface area (Å²) in [5.74, 6) is 0.537. The summed E-state index contributed by atoms with van der Waals surface area (Å²) in [6.45, 7) is 8.76. The molecule has 0 radical (unpaired) electrons. The number of cyclic esters (lactones) is 1. The van der Waals surface area contributed by atoms with Crippen LogP contribution in [0.2, 0.25) is 0 Å². The number of carbonyl (C=O) groups is 1. The first-order valence-corrected chi connectivity index (χ1v) is 9.89. The van der Waals surface area contributed by atoms with E-state index in [1.807, 2.05) is 23.1 Å². The number of benzene rings is 1. The molecule has 1 aromatic carbocycles. The number of amides is 1. The van der Waals surface area contributed by atoms with Crippen molar-refractivity contribution in [3.63, 3.8) is 0 Å². The summed E-state index contributed by atoms with van der Waals surface area (Å²) in [5, 5.41) is 0. The van der Waals surface area contributed by atoms with E-state index in [1.54, 1.807) is 0 Å². The second-order valence-electron chi connectivity index (χ2n) is 7.86. The minimum Gasteiger partial charge on any atom is -0.439 e. The van der Waals surface area contributed by atoms with E-state index < -0.39 is 0 Å². The molecule has 2 aliphatic heterocycles. The van der Waals surface area contributed by atoms with Gasteiger partial charge in [-0.25, -0.2) is 4.79 Å². The van der Waals surface area contributed by atoms with Gasteiger partial charge in [-0.2, -0.15) is 0 Å². The highest BCUT2D eigenvalue weighted by atomic mass is 16.6. The molecule has 2 fully saturated rings. The van der Waals surface area contributed by atoms with Gasteiger partial charge in [-0.3, -0.25) is 0 Å². The highest BCUT2D eigenvalue weighted by Gasteiger charge is 2.42. The molecular weight excluding hydrogens is 312 g/mol. The molecule has 3 rings (SSSR count). The molecule has 0 bridgehead atoms. The lowest BCUT2D eigenvalue weighted by atomic mass is 9.94. The number of hydrogen-bond acceptors (Lipinski definition) is 3. The van der Waals surface area contributed by atoms with Crippen LogP contribution in [0.15, 0.2) is 30.3 Å². The van der Waals surface area contributed by atoms with Crippen LogP contribution in [-0.2, 0) is 4.74 Å². The van der Waals surface area contributed by atoms with E-state index in [4.69, 9.17) is 4.74 Å². The van der Waals surface area contributed by atoms with Gasteiger partial charge in [0.1, 0.15) is 6.10 Å². The molecule has 2 heterocycles. The van der Waals surface area contributed by atoms with Crippen LogP contribution in [-0.4, -0.2) is 48.1 Å². The van der Waals surface area contributed by atoms with Gasteiger partial charge < -0.3 is 14.5 Å². The molecular formula is C21H32N2O2. The Balaban J connectivity index is 1.62. The van der Waals surface area contributed by atoms with Gasteiger partial charge in [-0.15, -0.1) is 0 Å². The van der Waals surface area contributed by atoms with Crippen molar-refractivity contribution in [3.8, 4) is 0 Å². The first-order chi connectivity index (χ1) is 12.1. The van der Waals surface area contributed by atoms with Crippen molar-refractivity contribution in [2.45, 2.75) is 58.1 Å². The van der Waals surface area contributed by atoms with Gasteiger partial charge in [0.25, 0.3) is 0 Å². The first kappa shape index (κ1) is 18.2. The molecule has 1 amide bonds. The third-order valence-electron chi connectivity index (χ3n) is 5.38. The van der Waals surface area contributed by atoms with Gasteiger partial charge in [0.05, 0.1) is 6.04 Å². The topological polar surface area (TPSA) is 32.8 Å². The van der Waals surface area contributed by atoms with Crippen molar-refractivity contribution in [2.75, 3.05) is 26.2 Å². The molecule has 0 spiro atoms. The summed E-state index contributed by atoms with van der Waals surface area (Å²) in [4.78, 5) is 17.0. The van der Waals surface area contributed by atoms with Crippen molar-refractivity contribution in [1.29, 1.82) is 0 Å². The van der Waals surface area contributed by atoms with E-state index in [1.165, 1.54) is 32.4 Å². The summed E-state index contributed by atoms with van der Waals surface area (Å²) in [7, 11) is 0. The van der Waals surface area contributed by atoms with Gasteiger partial charge >= 0.3 is 6.09 Å². The fraction of sp³-hybridized carbons (Fsp3) is 0.667. The lowest BCUT2D eigenvalue weighted by molar-refractivity contribution is 0.128. The van der Waals surface area contributed by atoms with Gasteiger partial charge in [0.2, 0.25) is 0 Å². The molecule has 4 nitrogen and oxygen atoms in total. The van der Waals surface area contributed by atoms with Crippen molar-refractivity contribution < 1.29 is 9.53 Å². The number of rotatable bonds is 7. The molecule has 25 heavy (non-hydrogen) atoms. The van der Waals surface area contributed by atoms with Gasteiger partial charge in [-0.05, 0) is 56.8 Å². The second-order valence-corrected chi connectivity index (χ2v) is 7.86. The minimum atomic E-state index is -0.141. The van der Waals surface area contributed by atoms with Gasteiger partial charge in [0, 0.05) is 6.54 Å². The Morgan fingerprint density at radius 2 is 1.80 bits per heavy atom. The Bertz CT molecular complexity index is 540. The third kappa shape index (κ3) is 4.75. The molecule has 0 saturated carbocycles.